The molecular weight excluding hydrogens is 284 g/mol. The molecule has 1 fully saturated rings. The fraction of sp³-hybridized carbons (Fsp3) is 0.333. The van der Waals surface area contributed by atoms with E-state index >= 15 is 0 Å². The maximum atomic E-state index is 12.3. The zero-order valence-electron chi connectivity index (χ0n) is 11.1. The van der Waals surface area contributed by atoms with Crippen LogP contribution in [0.1, 0.15) is 23.5 Å². The van der Waals surface area contributed by atoms with Crippen molar-refractivity contribution >= 4 is 40.8 Å². The normalized spacial score (nSPS) is 17.9. The molecule has 0 aromatic carbocycles. The number of barbiturate groups is 1. The maximum absolute atomic E-state index is 12.3. The summed E-state index contributed by atoms with van der Waals surface area (Å²) in [5, 5.41) is 3.66. The third-order valence-corrected chi connectivity index (χ3v) is 3.87. The Labute approximate surface area is 118 Å². The number of hydrogen-bond acceptors (Lipinski definition) is 6. The number of ether oxygens (including phenoxy) is 1. The Morgan fingerprint density at radius 1 is 1.35 bits per heavy atom. The van der Waals surface area contributed by atoms with Crippen molar-refractivity contribution in [1.82, 2.24) is 5.32 Å². The Balaban J connectivity index is 2.49. The van der Waals surface area contributed by atoms with Crippen LogP contribution in [-0.2, 0) is 14.3 Å². The molecule has 0 saturated carbocycles. The molecule has 1 aliphatic heterocycles. The van der Waals surface area contributed by atoms with Crippen molar-refractivity contribution in [2.75, 3.05) is 12.0 Å². The molecule has 4 amide bonds. The Hall–Kier alpha value is -2.22. The average Bonchev–Trinajstić information content (AvgIpc) is 2.85. The van der Waals surface area contributed by atoms with E-state index < -0.39 is 29.2 Å². The van der Waals surface area contributed by atoms with Crippen molar-refractivity contribution in [2.45, 2.75) is 13.8 Å². The number of anilines is 1. The molecule has 2 rings (SSSR count). The van der Waals surface area contributed by atoms with E-state index in [9.17, 15) is 19.2 Å². The van der Waals surface area contributed by atoms with Gasteiger partial charge in [-0.3, -0.25) is 14.9 Å². The number of nitrogens with zero attached hydrogens (tertiary/aromatic N) is 1. The van der Waals surface area contributed by atoms with Crippen LogP contribution in [0.3, 0.4) is 0 Å². The lowest BCUT2D eigenvalue weighted by Gasteiger charge is -2.34. The van der Waals surface area contributed by atoms with Gasteiger partial charge in [0.25, 0.3) is 0 Å². The van der Waals surface area contributed by atoms with Crippen molar-refractivity contribution in [3.63, 3.8) is 0 Å². The van der Waals surface area contributed by atoms with Gasteiger partial charge in [0.15, 0.2) is 0 Å². The number of thiophene rings is 1. The predicted molar refractivity (Wildman–Crippen MR) is 70.5 cm³/mol. The van der Waals surface area contributed by atoms with Crippen molar-refractivity contribution < 1.29 is 23.9 Å². The van der Waals surface area contributed by atoms with E-state index in [0.717, 1.165) is 16.2 Å². The van der Waals surface area contributed by atoms with Crippen molar-refractivity contribution in [3.05, 3.63) is 16.3 Å². The van der Waals surface area contributed by atoms with E-state index in [1.165, 1.54) is 27.0 Å². The van der Waals surface area contributed by atoms with E-state index in [1.54, 1.807) is 5.38 Å². The number of hydrogen-bond donors (Lipinski definition) is 1. The van der Waals surface area contributed by atoms with Crippen LogP contribution in [0, 0.1) is 5.41 Å². The molecule has 0 radical (unpaired) electrons. The van der Waals surface area contributed by atoms with E-state index in [1.807, 2.05) is 0 Å². The summed E-state index contributed by atoms with van der Waals surface area (Å²) in [4.78, 5) is 48.4. The van der Waals surface area contributed by atoms with Crippen molar-refractivity contribution in [3.8, 4) is 0 Å². The van der Waals surface area contributed by atoms with Gasteiger partial charge in [-0.05, 0) is 25.3 Å². The second kappa shape index (κ2) is 4.71. The summed E-state index contributed by atoms with van der Waals surface area (Å²) in [6.45, 7) is 2.82. The summed E-state index contributed by atoms with van der Waals surface area (Å²) >= 11 is 1.05. The van der Waals surface area contributed by atoms with Gasteiger partial charge < -0.3 is 4.74 Å². The molecule has 106 valence electrons. The molecular formula is C12H12N2O5S. The van der Waals surface area contributed by atoms with E-state index in [0.29, 0.717) is 0 Å². The van der Waals surface area contributed by atoms with Crippen molar-refractivity contribution in [2.24, 2.45) is 5.41 Å². The molecule has 2 heterocycles. The second-order valence-corrected chi connectivity index (χ2v) is 5.57. The van der Waals surface area contributed by atoms with Gasteiger partial charge in [0, 0.05) is 0 Å². The molecule has 0 atom stereocenters. The minimum atomic E-state index is -1.39. The zero-order chi connectivity index (χ0) is 15.1. The van der Waals surface area contributed by atoms with Crippen LogP contribution < -0.4 is 10.2 Å². The number of amides is 4. The van der Waals surface area contributed by atoms with Gasteiger partial charge in [-0.1, -0.05) is 0 Å². The molecule has 8 heteroatoms. The molecule has 0 spiro atoms. The second-order valence-electron chi connectivity index (χ2n) is 4.65. The largest absolute Gasteiger partial charge is 0.465 e. The highest BCUT2D eigenvalue weighted by Gasteiger charge is 2.48. The molecule has 7 nitrogen and oxygen atoms in total. The van der Waals surface area contributed by atoms with Gasteiger partial charge in [-0.2, -0.15) is 0 Å². The SMILES string of the molecule is COC(=O)c1sccc1N1C(=O)NC(=O)C(C)(C)C1=O. The summed E-state index contributed by atoms with van der Waals surface area (Å²) in [5.41, 5.74) is -1.27. The fourth-order valence-electron chi connectivity index (χ4n) is 1.72. The number of urea groups is 1. The first kappa shape index (κ1) is 14.2. The number of carbonyl (C=O) groups is 4. The average molecular weight is 296 g/mol. The van der Waals surface area contributed by atoms with E-state index in [4.69, 9.17) is 0 Å². The Morgan fingerprint density at radius 3 is 2.60 bits per heavy atom. The van der Waals surface area contributed by atoms with Gasteiger partial charge in [-0.25, -0.2) is 14.5 Å². The molecule has 0 aliphatic carbocycles. The summed E-state index contributed by atoms with van der Waals surface area (Å²) in [7, 11) is 1.21. The molecule has 0 bridgehead atoms. The maximum Gasteiger partial charge on any atom is 0.350 e. The fourth-order valence-corrected chi connectivity index (χ4v) is 2.51. The summed E-state index contributed by atoms with van der Waals surface area (Å²) in [6, 6.07) is 0.586. The quantitative estimate of drug-likeness (QED) is 0.652. The van der Waals surface area contributed by atoms with Gasteiger partial charge >= 0.3 is 12.0 Å². The minimum absolute atomic E-state index is 0.116. The molecule has 1 aliphatic rings. The van der Waals surface area contributed by atoms with Gasteiger partial charge in [-0.15, -0.1) is 11.3 Å². The Kier molecular flexibility index (Phi) is 3.34. The first-order valence-electron chi connectivity index (χ1n) is 5.66. The standard InChI is InChI=1S/C12H12N2O5S/c1-12(2)9(16)13-11(18)14(10(12)17)6-4-5-20-7(6)8(15)19-3/h4-5H,1-3H3,(H,13,16,18). The van der Waals surface area contributed by atoms with Gasteiger partial charge in [0.05, 0.1) is 12.8 Å². The lowest BCUT2D eigenvalue weighted by Crippen LogP contribution is -2.62. The molecule has 1 aromatic rings. The van der Waals surface area contributed by atoms with Gasteiger partial charge in [0.2, 0.25) is 11.8 Å². The predicted octanol–water partition coefficient (Wildman–Crippen LogP) is 1.14. The number of rotatable bonds is 2. The Morgan fingerprint density at radius 2 is 2.00 bits per heavy atom. The highest BCUT2D eigenvalue weighted by Crippen LogP contribution is 2.33. The van der Waals surface area contributed by atoms with Crippen LogP contribution in [0.15, 0.2) is 11.4 Å². The van der Waals surface area contributed by atoms with Crippen LogP contribution in [0.25, 0.3) is 0 Å². The first-order valence-corrected chi connectivity index (χ1v) is 6.54. The lowest BCUT2D eigenvalue weighted by atomic mass is 9.88. The molecule has 0 unspecified atom stereocenters. The molecule has 1 N–H and O–H groups in total. The van der Waals surface area contributed by atoms with Crippen LogP contribution >= 0.6 is 11.3 Å². The van der Waals surface area contributed by atoms with Crippen LogP contribution in [-0.4, -0.2) is 30.9 Å². The smallest absolute Gasteiger partial charge is 0.350 e. The topological polar surface area (TPSA) is 92.8 Å². The summed E-state index contributed by atoms with van der Waals surface area (Å²) < 4.78 is 4.60. The number of carbonyl (C=O) groups excluding carboxylic acids is 4. The van der Waals surface area contributed by atoms with Gasteiger partial charge in [0.1, 0.15) is 10.3 Å². The number of nitrogens with one attached hydrogen (secondary N) is 1. The number of methoxy groups -OCH3 is 1. The Bertz CT molecular complexity index is 619. The zero-order valence-corrected chi connectivity index (χ0v) is 11.9. The minimum Gasteiger partial charge on any atom is -0.465 e. The van der Waals surface area contributed by atoms with E-state index in [-0.39, 0.29) is 10.6 Å². The third kappa shape index (κ3) is 1.97. The molecule has 1 saturated heterocycles. The first-order chi connectivity index (χ1) is 9.30. The lowest BCUT2D eigenvalue weighted by molar-refractivity contribution is -0.140. The van der Waals surface area contributed by atoms with Crippen LogP contribution in [0.4, 0.5) is 10.5 Å². The van der Waals surface area contributed by atoms with Crippen molar-refractivity contribution in [1.29, 1.82) is 0 Å². The highest BCUT2D eigenvalue weighted by atomic mass is 32.1. The summed E-state index contributed by atoms with van der Waals surface area (Å²) in [5.74, 6) is -2.00. The number of esters is 1. The highest BCUT2D eigenvalue weighted by molar-refractivity contribution is 7.12. The summed E-state index contributed by atoms with van der Waals surface area (Å²) in [6.07, 6.45) is 0. The molecule has 1 aromatic heterocycles. The van der Waals surface area contributed by atoms with E-state index in [2.05, 4.69) is 10.1 Å². The van der Waals surface area contributed by atoms with Crippen LogP contribution in [0.5, 0.6) is 0 Å². The molecule has 20 heavy (non-hydrogen) atoms. The monoisotopic (exact) mass is 296 g/mol. The third-order valence-electron chi connectivity index (χ3n) is 2.99. The van der Waals surface area contributed by atoms with Crippen LogP contribution in [0.2, 0.25) is 0 Å². The number of imide groups is 2.